The quantitative estimate of drug-likeness (QED) is 0.578. The number of fused-ring (bicyclic) bond motifs is 1. The van der Waals surface area contributed by atoms with Crippen molar-refractivity contribution in [3.05, 3.63) is 94.5 Å². The fraction of sp³-hybridized carbons (Fsp3) is 0. The van der Waals surface area contributed by atoms with Crippen molar-refractivity contribution in [2.45, 2.75) is 0 Å². The highest BCUT2D eigenvalue weighted by molar-refractivity contribution is 5.88. The molecule has 4 rings (SSSR count). The van der Waals surface area contributed by atoms with Crippen LogP contribution in [0.5, 0.6) is 5.75 Å². The largest absolute Gasteiger partial charge is 0.507 e. The van der Waals surface area contributed by atoms with Gasteiger partial charge in [0.05, 0.1) is 5.69 Å². The second kappa shape index (κ2) is 6.69. The molecule has 0 aliphatic carbocycles. The Labute approximate surface area is 150 Å². The highest BCUT2D eigenvalue weighted by atomic mass is 16.3. The average Bonchev–Trinajstić information content (AvgIpc) is 2.66. The Morgan fingerprint density at radius 1 is 0.846 bits per heavy atom. The molecule has 0 aliphatic rings. The second-order valence-electron chi connectivity index (χ2n) is 5.98. The van der Waals surface area contributed by atoms with Crippen LogP contribution in [0.15, 0.2) is 77.6 Å². The Morgan fingerprint density at radius 3 is 2.31 bits per heavy atom. The van der Waals surface area contributed by atoms with Gasteiger partial charge >= 0.3 is 5.69 Å². The third-order valence-electron chi connectivity index (χ3n) is 4.17. The van der Waals surface area contributed by atoms with Gasteiger partial charge in [-0.15, -0.1) is 0 Å². The van der Waals surface area contributed by atoms with Crippen LogP contribution >= 0.6 is 0 Å². The third kappa shape index (κ3) is 3.26. The van der Waals surface area contributed by atoms with E-state index >= 15 is 0 Å². The summed E-state index contributed by atoms with van der Waals surface area (Å²) in [5.41, 5.74) is 2.38. The molecule has 0 saturated heterocycles. The number of phenolic OH excluding ortho intramolecular Hbond substituents is 1. The molecule has 1 heterocycles. The van der Waals surface area contributed by atoms with Gasteiger partial charge in [0.1, 0.15) is 5.75 Å². The molecule has 0 aliphatic heterocycles. The fourth-order valence-corrected chi connectivity index (χ4v) is 2.88. The lowest BCUT2D eigenvalue weighted by Crippen LogP contribution is -2.11. The average molecular weight is 340 g/mol. The van der Waals surface area contributed by atoms with Gasteiger partial charge in [-0.25, -0.2) is 4.79 Å². The molecule has 0 spiro atoms. The number of rotatable bonds is 3. The smallest absolute Gasteiger partial charge is 0.345 e. The van der Waals surface area contributed by atoms with Gasteiger partial charge in [-0.05, 0) is 41.1 Å². The van der Waals surface area contributed by atoms with Gasteiger partial charge in [0.25, 0.3) is 0 Å². The summed E-state index contributed by atoms with van der Waals surface area (Å²) in [6, 6.07) is 22.8. The van der Waals surface area contributed by atoms with Crippen molar-refractivity contribution in [1.82, 2.24) is 9.97 Å². The van der Waals surface area contributed by atoms with E-state index in [9.17, 15) is 9.90 Å². The molecule has 0 atom stereocenters. The van der Waals surface area contributed by atoms with Crippen molar-refractivity contribution in [3.63, 3.8) is 0 Å². The number of nitrogens with zero attached hydrogens (tertiary/aromatic N) is 1. The molecule has 1 aromatic heterocycles. The van der Waals surface area contributed by atoms with E-state index in [4.69, 9.17) is 0 Å². The van der Waals surface area contributed by atoms with E-state index in [-0.39, 0.29) is 5.75 Å². The minimum absolute atomic E-state index is 0.194. The molecular formula is C22H16N2O2. The van der Waals surface area contributed by atoms with Gasteiger partial charge in [-0.3, -0.25) is 0 Å². The number of benzene rings is 3. The van der Waals surface area contributed by atoms with Crippen molar-refractivity contribution in [2.75, 3.05) is 0 Å². The fourth-order valence-electron chi connectivity index (χ4n) is 2.88. The number of hydrogen-bond acceptors (Lipinski definition) is 3. The molecule has 0 radical (unpaired) electrons. The van der Waals surface area contributed by atoms with Crippen LogP contribution in [0.2, 0.25) is 0 Å². The highest BCUT2D eigenvalue weighted by Gasteiger charge is 2.03. The second-order valence-corrected chi connectivity index (χ2v) is 5.98. The number of hydrogen-bond donors (Lipinski definition) is 2. The maximum Gasteiger partial charge on any atom is 0.345 e. The van der Waals surface area contributed by atoms with Crippen LogP contribution in [0.3, 0.4) is 0 Å². The van der Waals surface area contributed by atoms with Crippen LogP contribution in [0.1, 0.15) is 11.3 Å². The lowest BCUT2D eigenvalue weighted by molar-refractivity contribution is 0.475. The molecule has 0 saturated carbocycles. The number of aromatic hydroxyl groups is 1. The number of aromatic nitrogens is 2. The zero-order valence-electron chi connectivity index (χ0n) is 13.9. The summed E-state index contributed by atoms with van der Waals surface area (Å²) in [5, 5.41) is 12.3. The van der Waals surface area contributed by atoms with Crippen LogP contribution in [0.25, 0.3) is 34.2 Å². The standard InChI is InChI=1S/C22H16N2O2/c25-21-13-17-9-5-4-8-16(17)12-18(21)10-11-19-14-20(24-22(26)23-19)15-6-2-1-3-7-15/h1-14,25H,(H,23,24,26). The number of nitrogens with one attached hydrogen (secondary N) is 1. The van der Waals surface area contributed by atoms with E-state index in [1.165, 1.54) is 0 Å². The monoisotopic (exact) mass is 340 g/mol. The van der Waals surface area contributed by atoms with Crippen molar-refractivity contribution in [1.29, 1.82) is 0 Å². The molecule has 0 unspecified atom stereocenters. The predicted octanol–water partition coefficient (Wildman–Crippen LogP) is 4.47. The van der Waals surface area contributed by atoms with Crippen LogP contribution in [-0.2, 0) is 0 Å². The van der Waals surface area contributed by atoms with Gasteiger partial charge in [0, 0.05) is 16.8 Å². The van der Waals surface area contributed by atoms with E-state index in [1.54, 1.807) is 18.2 Å². The first-order valence-corrected chi connectivity index (χ1v) is 8.26. The molecule has 4 nitrogen and oxygen atoms in total. The first-order valence-electron chi connectivity index (χ1n) is 8.26. The Bertz CT molecular complexity index is 1160. The molecular weight excluding hydrogens is 324 g/mol. The number of phenols is 1. The molecule has 0 bridgehead atoms. The molecule has 3 aromatic carbocycles. The Balaban J connectivity index is 1.72. The Hall–Kier alpha value is -3.66. The minimum Gasteiger partial charge on any atom is -0.507 e. The van der Waals surface area contributed by atoms with E-state index < -0.39 is 5.69 Å². The van der Waals surface area contributed by atoms with Gasteiger partial charge in [0.2, 0.25) is 0 Å². The summed E-state index contributed by atoms with van der Waals surface area (Å²) in [5.74, 6) is 0.194. The van der Waals surface area contributed by atoms with Crippen molar-refractivity contribution >= 4 is 22.9 Å². The van der Waals surface area contributed by atoms with Gasteiger partial charge in [0.15, 0.2) is 0 Å². The van der Waals surface area contributed by atoms with Gasteiger partial charge < -0.3 is 10.1 Å². The third-order valence-corrected chi connectivity index (χ3v) is 4.17. The molecule has 0 fully saturated rings. The lowest BCUT2D eigenvalue weighted by atomic mass is 10.1. The topological polar surface area (TPSA) is 66.0 Å². The maximum absolute atomic E-state index is 11.9. The van der Waals surface area contributed by atoms with Crippen molar-refractivity contribution in [2.24, 2.45) is 0 Å². The molecule has 4 aromatic rings. The zero-order valence-corrected chi connectivity index (χ0v) is 13.9. The van der Waals surface area contributed by atoms with Crippen LogP contribution in [0, 0.1) is 0 Å². The van der Waals surface area contributed by atoms with Crippen LogP contribution in [-0.4, -0.2) is 15.1 Å². The summed E-state index contributed by atoms with van der Waals surface area (Å²) in [7, 11) is 0. The highest BCUT2D eigenvalue weighted by Crippen LogP contribution is 2.26. The predicted molar refractivity (Wildman–Crippen MR) is 105 cm³/mol. The first kappa shape index (κ1) is 15.8. The summed E-state index contributed by atoms with van der Waals surface area (Å²) in [4.78, 5) is 18.6. The Kier molecular flexibility index (Phi) is 4.07. The summed E-state index contributed by atoms with van der Waals surface area (Å²) in [6.45, 7) is 0. The number of H-pyrrole nitrogens is 1. The summed E-state index contributed by atoms with van der Waals surface area (Å²) in [6.07, 6.45) is 3.54. The van der Waals surface area contributed by atoms with Gasteiger partial charge in [-0.1, -0.05) is 54.6 Å². The summed E-state index contributed by atoms with van der Waals surface area (Å²) >= 11 is 0. The number of aromatic amines is 1. The maximum atomic E-state index is 11.9. The van der Waals surface area contributed by atoms with Crippen LogP contribution < -0.4 is 5.69 Å². The van der Waals surface area contributed by atoms with Crippen molar-refractivity contribution < 1.29 is 5.11 Å². The van der Waals surface area contributed by atoms with E-state index in [2.05, 4.69) is 9.97 Å². The lowest BCUT2D eigenvalue weighted by Gasteiger charge is -2.04. The van der Waals surface area contributed by atoms with Crippen LogP contribution in [0.4, 0.5) is 0 Å². The zero-order chi connectivity index (χ0) is 17.9. The SMILES string of the molecule is O=c1nc(-c2ccccc2)cc(C=Cc2cc3ccccc3cc2O)[nH]1. The Morgan fingerprint density at radius 2 is 1.54 bits per heavy atom. The molecule has 2 N–H and O–H groups in total. The summed E-state index contributed by atoms with van der Waals surface area (Å²) < 4.78 is 0. The van der Waals surface area contributed by atoms with Gasteiger partial charge in [-0.2, -0.15) is 4.98 Å². The molecule has 26 heavy (non-hydrogen) atoms. The van der Waals surface area contributed by atoms with E-state index in [0.29, 0.717) is 17.0 Å². The normalized spacial score (nSPS) is 11.2. The van der Waals surface area contributed by atoms with Crippen molar-refractivity contribution in [3.8, 4) is 17.0 Å². The molecule has 0 amide bonds. The minimum atomic E-state index is -0.409. The first-order chi connectivity index (χ1) is 12.7. The van der Waals surface area contributed by atoms with E-state index in [1.807, 2.05) is 66.7 Å². The molecule has 126 valence electrons. The van der Waals surface area contributed by atoms with E-state index in [0.717, 1.165) is 16.3 Å². The molecule has 4 heteroatoms.